The van der Waals surface area contributed by atoms with Gasteiger partial charge in [-0.05, 0) is 37.5 Å². The first kappa shape index (κ1) is 12.6. The van der Waals surface area contributed by atoms with Crippen molar-refractivity contribution in [2.75, 3.05) is 0 Å². The molecule has 0 saturated heterocycles. The second-order valence-electron chi connectivity index (χ2n) is 5.16. The largest absolute Gasteiger partial charge is 0.320 e. The fourth-order valence-electron chi connectivity index (χ4n) is 2.92. The Hall–Kier alpha value is -1.42. The molecule has 19 heavy (non-hydrogen) atoms. The predicted molar refractivity (Wildman–Crippen MR) is 78.9 cm³/mol. The van der Waals surface area contributed by atoms with Gasteiger partial charge in [0.05, 0.1) is 5.41 Å². The average molecular weight is 318 g/mol. The van der Waals surface area contributed by atoms with Crippen LogP contribution in [0.1, 0.15) is 31.2 Å². The van der Waals surface area contributed by atoms with Crippen LogP contribution < -0.4 is 0 Å². The number of halogens is 1. The fraction of sp³-hybridized carbons (Fsp3) is 0.333. The Kier molecular flexibility index (Phi) is 3.05. The first-order valence-corrected chi connectivity index (χ1v) is 7.19. The van der Waals surface area contributed by atoms with Gasteiger partial charge in [-0.3, -0.25) is 0 Å². The zero-order valence-corrected chi connectivity index (χ0v) is 12.7. The number of nitrogens with zero attached hydrogens (tertiary/aromatic N) is 3. The molecule has 0 bridgehead atoms. The molecule has 3 nitrogen and oxygen atoms in total. The number of aryl methyl sites for hydroxylation is 1. The van der Waals surface area contributed by atoms with Gasteiger partial charge in [0.25, 0.3) is 0 Å². The van der Waals surface area contributed by atoms with Crippen molar-refractivity contribution >= 4 is 15.9 Å². The van der Waals surface area contributed by atoms with Gasteiger partial charge < -0.3 is 4.57 Å². The van der Waals surface area contributed by atoms with E-state index in [1.807, 2.05) is 11.6 Å². The highest BCUT2D eigenvalue weighted by atomic mass is 79.9. The standard InChI is InChI=1S/C15H16BrN3/c1-3-11-8-15(9-11,14-18-17-10-19(14)2)12-5-4-6-13(16)7-12/h3-7,10H,8-9H2,1-2H3. The minimum Gasteiger partial charge on any atom is -0.320 e. The van der Waals surface area contributed by atoms with Gasteiger partial charge in [-0.15, -0.1) is 10.2 Å². The topological polar surface area (TPSA) is 30.7 Å². The van der Waals surface area contributed by atoms with E-state index >= 15 is 0 Å². The summed E-state index contributed by atoms with van der Waals surface area (Å²) in [6.07, 6.45) is 6.06. The molecule has 0 radical (unpaired) electrons. The van der Waals surface area contributed by atoms with Crippen molar-refractivity contribution in [2.45, 2.75) is 25.2 Å². The molecule has 0 N–H and O–H groups in total. The molecular weight excluding hydrogens is 302 g/mol. The van der Waals surface area contributed by atoms with Crippen LogP contribution in [0.15, 0.2) is 46.7 Å². The van der Waals surface area contributed by atoms with Crippen LogP contribution in [0, 0.1) is 0 Å². The lowest BCUT2D eigenvalue weighted by Gasteiger charge is -2.43. The summed E-state index contributed by atoms with van der Waals surface area (Å²) < 4.78 is 3.15. The van der Waals surface area contributed by atoms with Crippen molar-refractivity contribution in [1.82, 2.24) is 14.8 Å². The Morgan fingerprint density at radius 1 is 1.37 bits per heavy atom. The van der Waals surface area contributed by atoms with Crippen molar-refractivity contribution in [3.63, 3.8) is 0 Å². The van der Waals surface area contributed by atoms with E-state index in [2.05, 4.69) is 63.4 Å². The summed E-state index contributed by atoms with van der Waals surface area (Å²) in [5.74, 6) is 1.05. The van der Waals surface area contributed by atoms with Crippen molar-refractivity contribution in [3.8, 4) is 0 Å². The Labute approximate surface area is 121 Å². The van der Waals surface area contributed by atoms with E-state index in [9.17, 15) is 0 Å². The molecule has 2 aromatic rings. The molecule has 98 valence electrons. The highest BCUT2D eigenvalue weighted by molar-refractivity contribution is 9.10. The monoisotopic (exact) mass is 317 g/mol. The van der Waals surface area contributed by atoms with Crippen molar-refractivity contribution in [2.24, 2.45) is 7.05 Å². The third-order valence-corrected chi connectivity index (χ3v) is 4.48. The highest BCUT2D eigenvalue weighted by Crippen LogP contribution is 2.51. The second kappa shape index (κ2) is 4.60. The number of benzene rings is 1. The van der Waals surface area contributed by atoms with Crippen molar-refractivity contribution in [1.29, 1.82) is 0 Å². The molecule has 1 aliphatic rings. The molecule has 1 saturated carbocycles. The molecule has 4 heteroatoms. The lowest BCUT2D eigenvalue weighted by Crippen LogP contribution is -2.39. The maximum absolute atomic E-state index is 4.36. The molecule has 0 amide bonds. The van der Waals surface area contributed by atoms with Gasteiger partial charge in [0.15, 0.2) is 0 Å². The van der Waals surface area contributed by atoms with Gasteiger partial charge in [0.1, 0.15) is 12.2 Å². The van der Waals surface area contributed by atoms with Crippen LogP contribution in [-0.4, -0.2) is 14.8 Å². The first-order valence-electron chi connectivity index (χ1n) is 6.40. The zero-order valence-electron chi connectivity index (χ0n) is 11.1. The lowest BCUT2D eigenvalue weighted by atomic mass is 9.61. The maximum Gasteiger partial charge on any atom is 0.143 e. The van der Waals surface area contributed by atoms with Gasteiger partial charge >= 0.3 is 0 Å². The number of hydrogen-bond donors (Lipinski definition) is 0. The lowest BCUT2D eigenvalue weighted by molar-refractivity contribution is 0.367. The molecule has 3 rings (SSSR count). The van der Waals surface area contributed by atoms with Crippen LogP contribution >= 0.6 is 15.9 Å². The highest BCUT2D eigenvalue weighted by Gasteiger charge is 2.46. The Bertz CT molecular complexity index is 634. The van der Waals surface area contributed by atoms with E-state index in [1.54, 1.807) is 6.33 Å². The van der Waals surface area contributed by atoms with Gasteiger partial charge in [-0.25, -0.2) is 0 Å². The molecular formula is C15H16BrN3. The van der Waals surface area contributed by atoms with Crippen LogP contribution in [0.4, 0.5) is 0 Å². The van der Waals surface area contributed by atoms with E-state index < -0.39 is 0 Å². The van der Waals surface area contributed by atoms with E-state index in [-0.39, 0.29) is 5.41 Å². The second-order valence-corrected chi connectivity index (χ2v) is 6.07. The van der Waals surface area contributed by atoms with Crippen LogP contribution in [0.5, 0.6) is 0 Å². The van der Waals surface area contributed by atoms with Crippen LogP contribution in [0.2, 0.25) is 0 Å². The minimum atomic E-state index is -0.0170. The van der Waals surface area contributed by atoms with Crippen LogP contribution in [0.25, 0.3) is 0 Å². The van der Waals surface area contributed by atoms with Crippen molar-refractivity contribution < 1.29 is 0 Å². The molecule has 0 unspecified atom stereocenters. The molecule has 0 spiro atoms. The Morgan fingerprint density at radius 3 is 2.74 bits per heavy atom. The summed E-state index contributed by atoms with van der Waals surface area (Å²) in [4.78, 5) is 0. The molecule has 1 aliphatic carbocycles. The molecule has 0 aliphatic heterocycles. The summed E-state index contributed by atoms with van der Waals surface area (Å²) in [5, 5.41) is 8.41. The van der Waals surface area contributed by atoms with Gasteiger partial charge in [-0.1, -0.05) is 39.7 Å². The predicted octanol–water partition coefficient (Wildman–Crippen LogP) is 3.60. The third-order valence-electron chi connectivity index (χ3n) is 3.98. The van der Waals surface area contributed by atoms with Gasteiger partial charge in [-0.2, -0.15) is 0 Å². The average Bonchev–Trinajstić information content (AvgIpc) is 2.76. The summed E-state index contributed by atoms with van der Waals surface area (Å²) in [7, 11) is 2.02. The number of hydrogen-bond acceptors (Lipinski definition) is 2. The van der Waals surface area contributed by atoms with Crippen LogP contribution in [0.3, 0.4) is 0 Å². The van der Waals surface area contributed by atoms with Crippen LogP contribution in [-0.2, 0) is 12.5 Å². The minimum absolute atomic E-state index is 0.0170. The summed E-state index contributed by atoms with van der Waals surface area (Å²) in [6, 6.07) is 8.53. The SMILES string of the molecule is CC=C1CC(c2cccc(Br)c2)(c2nncn2C)C1. The van der Waals surface area contributed by atoms with E-state index in [0.29, 0.717) is 0 Å². The van der Waals surface area contributed by atoms with Crippen molar-refractivity contribution in [3.05, 3.63) is 58.1 Å². The summed E-state index contributed by atoms with van der Waals surface area (Å²) >= 11 is 3.56. The summed E-state index contributed by atoms with van der Waals surface area (Å²) in [5.41, 5.74) is 2.78. The number of aromatic nitrogens is 3. The quantitative estimate of drug-likeness (QED) is 0.792. The van der Waals surface area contributed by atoms with E-state index in [1.165, 1.54) is 11.1 Å². The van der Waals surface area contributed by atoms with E-state index in [0.717, 1.165) is 23.1 Å². The maximum atomic E-state index is 4.36. The Balaban J connectivity index is 2.12. The molecule has 1 aromatic heterocycles. The smallest absolute Gasteiger partial charge is 0.143 e. The Morgan fingerprint density at radius 2 is 2.16 bits per heavy atom. The molecule has 0 atom stereocenters. The van der Waals surface area contributed by atoms with E-state index in [4.69, 9.17) is 0 Å². The van der Waals surface area contributed by atoms with Gasteiger partial charge in [0.2, 0.25) is 0 Å². The molecule has 1 aromatic carbocycles. The number of rotatable bonds is 2. The normalized spacial score (nSPS) is 22.2. The first-order chi connectivity index (χ1) is 9.15. The third kappa shape index (κ3) is 1.94. The zero-order chi connectivity index (χ0) is 13.5. The molecule has 1 fully saturated rings. The number of allylic oxidation sites excluding steroid dienone is 2. The molecule has 1 heterocycles. The van der Waals surface area contributed by atoms with Gasteiger partial charge in [0, 0.05) is 11.5 Å². The fourth-order valence-corrected chi connectivity index (χ4v) is 3.32. The summed E-state index contributed by atoms with van der Waals surface area (Å²) in [6.45, 7) is 2.11.